The van der Waals surface area contributed by atoms with Crippen molar-refractivity contribution in [3.63, 3.8) is 0 Å². The number of Topliss-reactive ketones (excluding diaryl/α,β-unsaturated/α-hetero) is 1. The highest BCUT2D eigenvalue weighted by Crippen LogP contribution is 2.29. The Labute approximate surface area is 161 Å². The molecule has 3 N–H and O–H groups in total. The van der Waals surface area contributed by atoms with E-state index >= 15 is 0 Å². The fourth-order valence-electron chi connectivity index (χ4n) is 2.39. The summed E-state index contributed by atoms with van der Waals surface area (Å²) in [6, 6.07) is 8.37. The molecule has 0 saturated carbocycles. The highest BCUT2D eigenvalue weighted by atomic mass is 16.5. The minimum atomic E-state index is -1.07. The third-order valence-electron chi connectivity index (χ3n) is 3.80. The molecule has 28 heavy (non-hydrogen) atoms. The van der Waals surface area contributed by atoms with E-state index in [0.717, 1.165) is 6.08 Å². The Morgan fingerprint density at radius 3 is 2.36 bits per heavy atom. The van der Waals surface area contributed by atoms with E-state index < -0.39 is 30.2 Å². The number of benzene rings is 2. The quantitative estimate of drug-likeness (QED) is 0.358. The maximum atomic E-state index is 12.3. The monoisotopic (exact) mass is 388 g/mol. The van der Waals surface area contributed by atoms with Gasteiger partial charge in [0.1, 0.15) is 6.10 Å². The molecule has 0 aliphatic heterocycles. The molecule has 0 spiro atoms. The second kappa shape index (κ2) is 9.43. The summed E-state index contributed by atoms with van der Waals surface area (Å²) in [6.07, 6.45) is 1.51. The van der Waals surface area contributed by atoms with Crippen molar-refractivity contribution < 1.29 is 39.1 Å². The smallest absolute Gasteiger partial charge is 0.331 e. The summed E-state index contributed by atoms with van der Waals surface area (Å²) in [5, 5.41) is 28.4. The number of phenols is 3. The van der Waals surface area contributed by atoms with Crippen LogP contribution in [0.25, 0.3) is 6.08 Å². The van der Waals surface area contributed by atoms with Crippen LogP contribution in [-0.2, 0) is 19.1 Å². The summed E-state index contributed by atoms with van der Waals surface area (Å²) in [5.74, 6) is -1.78. The summed E-state index contributed by atoms with van der Waals surface area (Å²) in [5.41, 5.74) is 0.901. The zero-order valence-electron chi connectivity index (χ0n) is 15.3. The number of phenolic OH excluding ortho intramolecular Hbond substituents is 3. The van der Waals surface area contributed by atoms with Crippen LogP contribution < -0.4 is 4.74 Å². The zero-order valence-corrected chi connectivity index (χ0v) is 15.3. The van der Waals surface area contributed by atoms with E-state index in [-0.39, 0.29) is 17.2 Å². The van der Waals surface area contributed by atoms with Gasteiger partial charge >= 0.3 is 5.97 Å². The van der Waals surface area contributed by atoms with Gasteiger partial charge in [0.15, 0.2) is 29.6 Å². The van der Waals surface area contributed by atoms with Gasteiger partial charge in [-0.2, -0.15) is 0 Å². The van der Waals surface area contributed by atoms with E-state index in [4.69, 9.17) is 14.2 Å². The number of hydrogen-bond donors (Lipinski definition) is 3. The fourth-order valence-corrected chi connectivity index (χ4v) is 2.39. The molecule has 0 fully saturated rings. The number of esters is 1. The first-order chi connectivity index (χ1) is 13.3. The van der Waals surface area contributed by atoms with Crippen LogP contribution in [0.5, 0.6) is 23.0 Å². The Hall–Kier alpha value is -3.52. The first-order valence-electron chi connectivity index (χ1n) is 8.15. The molecule has 1 unspecified atom stereocenters. The van der Waals surface area contributed by atoms with Gasteiger partial charge in [-0.3, -0.25) is 4.79 Å². The average molecular weight is 388 g/mol. The number of ether oxygens (including phenoxy) is 3. The second-order valence-corrected chi connectivity index (χ2v) is 5.70. The van der Waals surface area contributed by atoms with Crippen molar-refractivity contribution in [2.75, 3.05) is 20.8 Å². The van der Waals surface area contributed by atoms with Crippen LogP contribution in [0.15, 0.2) is 42.5 Å². The molecular formula is C20H20O8. The standard InChI is InChI=1S/C20H20O8/c1-26-18-9-12(3-6-15(18)22)4-8-19(25)28-11-17(24)20(27-2)13-5-7-14(21)16(23)10-13/h3-10,20-23H,11H2,1-2H3/b8-4+. The average Bonchev–Trinajstić information content (AvgIpc) is 2.69. The third kappa shape index (κ3) is 5.24. The summed E-state index contributed by atoms with van der Waals surface area (Å²) >= 11 is 0. The SMILES string of the molecule is COc1cc(/C=C/C(=O)OCC(=O)C(OC)c2ccc(O)c(O)c2)ccc1O. The highest BCUT2D eigenvalue weighted by Gasteiger charge is 2.22. The Bertz CT molecular complexity index is 888. The zero-order chi connectivity index (χ0) is 20.7. The number of aromatic hydroxyl groups is 3. The van der Waals surface area contributed by atoms with Crippen molar-refractivity contribution in [1.82, 2.24) is 0 Å². The molecule has 0 bridgehead atoms. The molecule has 0 aliphatic carbocycles. The van der Waals surface area contributed by atoms with Crippen LogP contribution >= 0.6 is 0 Å². The van der Waals surface area contributed by atoms with E-state index in [1.54, 1.807) is 6.07 Å². The van der Waals surface area contributed by atoms with Crippen molar-refractivity contribution in [2.45, 2.75) is 6.10 Å². The van der Waals surface area contributed by atoms with Crippen molar-refractivity contribution in [3.05, 3.63) is 53.6 Å². The molecule has 2 rings (SSSR count). The Morgan fingerprint density at radius 2 is 1.71 bits per heavy atom. The number of rotatable bonds is 8. The van der Waals surface area contributed by atoms with Gasteiger partial charge in [-0.1, -0.05) is 12.1 Å². The molecule has 0 heterocycles. The van der Waals surface area contributed by atoms with Gasteiger partial charge < -0.3 is 29.5 Å². The number of carbonyl (C=O) groups is 2. The molecule has 2 aromatic carbocycles. The maximum Gasteiger partial charge on any atom is 0.331 e. The summed E-state index contributed by atoms with van der Waals surface area (Å²) in [4.78, 5) is 24.1. The summed E-state index contributed by atoms with van der Waals surface area (Å²) < 4.78 is 15.0. The lowest BCUT2D eigenvalue weighted by atomic mass is 10.1. The molecule has 0 radical (unpaired) electrons. The fraction of sp³-hybridized carbons (Fsp3) is 0.200. The van der Waals surface area contributed by atoms with Crippen LogP contribution in [0.3, 0.4) is 0 Å². The van der Waals surface area contributed by atoms with Crippen molar-refractivity contribution in [2.24, 2.45) is 0 Å². The number of hydrogen-bond acceptors (Lipinski definition) is 8. The summed E-state index contributed by atoms with van der Waals surface area (Å²) in [7, 11) is 2.70. The van der Waals surface area contributed by atoms with Gasteiger partial charge in [0, 0.05) is 13.2 Å². The van der Waals surface area contributed by atoms with Crippen LogP contribution in [0.1, 0.15) is 17.2 Å². The lowest BCUT2D eigenvalue weighted by Gasteiger charge is -2.15. The van der Waals surface area contributed by atoms with E-state index in [0.29, 0.717) is 11.1 Å². The van der Waals surface area contributed by atoms with Gasteiger partial charge in [-0.15, -0.1) is 0 Å². The molecule has 2 aromatic rings. The number of methoxy groups -OCH3 is 2. The first-order valence-corrected chi connectivity index (χ1v) is 8.15. The van der Waals surface area contributed by atoms with E-state index in [1.807, 2.05) is 0 Å². The van der Waals surface area contributed by atoms with E-state index in [1.165, 1.54) is 50.6 Å². The molecule has 0 amide bonds. The van der Waals surface area contributed by atoms with Crippen molar-refractivity contribution in [3.8, 4) is 23.0 Å². The van der Waals surface area contributed by atoms with Gasteiger partial charge in [0.2, 0.25) is 5.78 Å². The van der Waals surface area contributed by atoms with Crippen molar-refractivity contribution in [1.29, 1.82) is 0 Å². The van der Waals surface area contributed by atoms with Crippen LogP contribution in [0, 0.1) is 0 Å². The highest BCUT2D eigenvalue weighted by molar-refractivity contribution is 5.91. The minimum absolute atomic E-state index is 0.0290. The predicted molar refractivity (Wildman–Crippen MR) is 99.2 cm³/mol. The summed E-state index contributed by atoms with van der Waals surface area (Å²) in [6.45, 7) is -0.539. The molecule has 0 aromatic heterocycles. The normalized spacial score (nSPS) is 11.9. The number of carbonyl (C=O) groups excluding carboxylic acids is 2. The van der Waals surface area contributed by atoms with Gasteiger partial charge in [-0.25, -0.2) is 4.79 Å². The minimum Gasteiger partial charge on any atom is -0.504 e. The van der Waals surface area contributed by atoms with Crippen LogP contribution in [-0.4, -0.2) is 47.9 Å². The Kier molecular flexibility index (Phi) is 7.00. The maximum absolute atomic E-state index is 12.3. The predicted octanol–water partition coefficient (Wildman–Crippen LogP) is 2.33. The van der Waals surface area contributed by atoms with Crippen molar-refractivity contribution >= 4 is 17.8 Å². The van der Waals surface area contributed by atoms with E-state index in [9.17, 15) is 24.9 Å². The lowest BCUT2D eigenvalue weighted by molar-refractivity contribution is -0.146. The molecule has 0 saturated heterocycles. The molecule has 0 aliphatic rings. The first kappa shape index (κ1) is 20.8. The largest absolute Gasteiger partial charge is 0.504 e. The lowest BCUT2D eigenvalue weighted by Crippen LogP contribution is -2.21. The molecular weight excluding hydrogens is 368 g/mol. The second-order valence-electron chi connectivity index (χ2n) is 5.70. The Morgan fingerprint density at radius 1 is 1.00 bits per heavy atom. The molecule has 1 atom stereocenters. The topological polar surface area (TPSA) is 123 Å². The third-order valence-corrected chi connectivity index (χ3v) is 3.80. The van der Waals surface area contributed by atoms with Crippen LogP contribution in [0.4, 0.5) is 0 Å². The van der Waals surface area contributed by atoms with Gasteiger partial charge in [0.25, 0.3) is 0 Å². The Balaban J connectivity index is 1.97. The molecule has 148 valence electrons. The van der Waals surface area contributed by atoms with Crippen LogP contribution in [0.2, 0.25) is 0 Å². The molecule has 8 heteroatoms. The van der Waals surface area contributed by atoms with E-state index in [2.05, 4.69) is 0 Å². The van der Waals surface area contributed by atoms with Gasteiger partial charge in [0.05, 0.1) is 7.11 Å². The number of ketones is 1. The molecule has 8 nitrogen and oxygen atoms in total. The van der Waals surface area contributed by atoms with Gasteiger partial charge in [-0.05, 0) is 41.5 Å².